The van der Waals surface area contributed by atoms with E-state index in [1.165, 1.54) is 32.2 Å². The third kappa shape index (κ3) is 5.62. The first kappa shape index (κ1) is 22.1. The summed E-state index contributed by atoms with van der Waals surface area (Å²) in [5, 5.41) is 5.13. The number of sulfonamides is 1. The van der Waals surface area contributed by atoms with E-state index in [1.54, 1.807) is 6.07 Å². The number of halogens is 1. The molecule has 0 saturated carbocycles. The number of benzene rings is 2. The van der Waals surface area contributed by atoms with Gasteiger partial charge in [-0.2, -0.15) is 0 Å². The second kappa shape index (κ2) is 9.30. The van der Waals surface area contributed by atoms with Crippen molar-refractivity contribution >= 4 is 33.2 Å². The average molecular weight is 421 g/mol. The van der Waals surface area contributed by atoms with Gasteiger partial charge in [-0.25, -0.2) is 17.5 Å². The lowest BCUT2D eigenvalue weighted by molar-refractivity contribution is -0.114. The molecule has 3 N–H and O–H groups in total. The lowest BCUT2D eigenvalue weighted by Crippen LogP contribution is -2.25. The zero-order chi connectivity index (χ0) is 21.6. The maximum absolute atomic E-state index is 14.0. The second-order valence-corrected chi connectivity index (χ2v) is 7.57. The Bertz CT molecular complexity index is 1050. The Morgan fingerprint density at radius 2 is 1.86 bits per heavy atom. The van der Waals surface area contributed by atoms with Gasteiger partial charge in [-0.05, 0) is 30.3 Å². The summed E-state index contributed by atoms with van der Waals surface area (Å²) in [6, 6.07) is 7.57. The molecule has 8 nitrogen and oxygen atoms in total. The van der Waals surface area contributed by atoms with Crippen molar-refractivity contribution in [3.05, 3.63) is 60.4 Å². The number of nitrogens with one attached hydrogen (secondary N) is 3. The van der Waals surface area contributed by atoms with Crippen molar-refractivity contribution in [3.8, 4) is 5.75 Å². The standard InChI is InChI=1S/C19H20FN3O5S/c1-4-9-21-29(26,27)18-10-13(5-7-15(18)20)19(25)23-17-11-14(28-3)6-8-16(17)22-12(2)24/h4-8,10-11,21H,1,9H2,2-3H3,(H,22,24)(H,23,25). The molecule has 154 valence electrons. The van der Waals surface area contributed by atoms with Crippen LogP contribution in [-0.2, 0) is 14.8 Å². The van der Waals surface area contributed by atoms with Gasteiger partial charge < -0.3 is 15.4 Å². The molecule has 0 spiro atoms. The van der Waals surface area contributed by atoms with E-state index >= 15 is 0 Å². The van der Waals surface area contributed by atoms with Gasteiger partial charge >= 0.3 is 0 Å². The zero-order valence-electron chi connectivity index (χ0n) is 15.8. The largest absolute Gasteiger partial charge is 0.497 e. The van der Waals surface area contributed by atoms with Crippen LogP contribution in [0.4, 0.5) is 15.8 Å². The predicted molar refractivity (Wildman–Crippen MR) is 107 cm³/mol. The Kier molecular flexibility index (Phi) is 7.08. The van der Waals surface area contributed by atoms with Gasteiger partial charge in [0.2, 0.25) is 15.9 Å². The van der Waals surface area contributed by atoms with Crippen molar-refractivity contribution in [3.63, 3.8) is 0 Å². The third-order valence-corrected chi connectivity index (χ3v) is 5.12. The molecule has 2 aromatic rings. The van der Waals surface area contributed by atoms with Crippen LogP contribution in [0.1, 0.15) is 17.3 Å². The molecule has 0 fully saturated rings. The van der Waals surface area contributed by atoms with Crippen LogP contribution in [-0.4, -0.2) is 33.9 Å². The molecule has 0 bridgehead atoms. The fourth-order valence-corrected chi connectivity index (χ4v) is 3.44. The molecule has 0 aliphatic rings. The van der Waals surface area contributed by atoms with Gasteiger partial charge in [-0.3, -0.25) is 9.59 Å². The molecule has 29 heavy (non-hydrogen) atoms. The molecule has 0 aromatic heterocycles. The first-order chi connectivity index (χ1) is 13.7. The van der Waals surface area contributed by atoms with E-state index in [1.807, 2.05) is 0 Å². The molecule has 0 heterocycles. The summed E-state index contributed by atoms with van der Waals surface area (Å²) in [5.74, 6) is -1.64. The first-order valence-corrected chi connectivity index (χ1v) is 9.83. The number of methoxy groups -OCH3 is 1. The van der Waals surface area contributed by atoms with Crippen molar-refractivity contribution < 1.29 is 27.1 Å². The second-order valence-electron chi connectivity index (χ2n) is 5.83. The van der Waals surface area contributed by atoms with Crippen molar-refractivity contribution in [2.45, 2.75) is 11.8 Å². The molecule has 0 aliphatic carbocycles. The number of anilines is 2. The van der Waals surface area contributed by atoms with E-state index in [4.69, 9.17) is 4.74 Å². The third-order valence-electron chi connectivity index (χ3n) is 3.69. The highest BCUT2D eigenvalue weighted by molar-refractivity contribution is 7.89. The SMILES string of the molecule is C=CCNS(=O)(=O)c1cc(C(=O)Nc2cc(OC)ccc2NC(C)=O)ccc1F. The smallest absolute Gasteiger partial charge is 0.255 e. The van der Waals surface area contributed by atoms with Gasteiger partial charge in [0.15, 0.2) is 0 Å². The Morgan fingerprint density at radius 1 is 1.14 bits per heavy atom. The van der Waals surface area contributed by atoms with E-state index in [9.17, 15) is 22.4 Å². The molecule has 2 amide bonds. The molecular formula is C19H20FN3O5S. The summed E-state index contributed by atoms with van der Waals surface area (Å²) >= 11 is 0. The minimum atomic E-state index is -4.17. The van der Waals surface area contributed by atoms with E-state index in [2.05, 4.69) is 21.9 Å². The molecule has 0 atom stereocenters. The van der Waals surface area contributed by atoms with Gasteiger partial charge in [-0.15, -0.1) is 6.58 Å². The number of rotatable bonds is 8. The van der Waals surface area contributed by atoms with Crippen LogP contribution in [0.5, 0.6) is 5.75 Å². The minimum Gasteiger partial charge on any atom is -0.497 e. The number of carbonyl (C=O) groups is 2. The van der Waals surface area contributed by atoms with Gasteiger partial charge in [0, 0.05) is 25.1 Å². The van der Waals surface area contributed by atoms with Crippen LogP contribution in [0.25, 0.3) is 0 Å². The molecular weight excluding hydrogens is 401 g/mol. The number of hydrogen-bond acceptors (Lipinski definition) is 5. The van der Waals surface area contributed by atoms with Crippen LogP contribution >= 0.6 is 0 Å². The highest BCUT2D eigenvalue weighted by atomic mass is 32.2. The van der Waals surface area contributed by atoms with Crippen LogP contribution in [0, 0.1) is 5.82 Å². The van der Waals surface area contributed by atoms with Gasteiger partial charge in [0.25, 0.3) is 5.91 Å². The van der Waals surface area contributed by atoms with Crippen molar-refractivity contribution in [2.24, 2.45) is 0 Å². The Morgan fingerprint density at radius 3 is 2.48 bits per heavy atom. The van der Waals surface area contributed by atoms with E-state index in [-0.39, 0.29) is 23.7 Å². The quantitative estimate of drug-likeness (QED) is 0.567. The molecule has 10 heteroatoms. The molecule has 2 rings (SSSR count). The molecule has 0 saturated heterocycles. The summed E-state index contributed by atoms with van der Waals surface area (Å²) in [4.78, 5) is 23.3. The summed E-state index contributed by atoms with van der Waals surface area (Å²) < 4.78 is 45.7. The molecule has 0 radical (unpaired) electrons. The molecule has 2 aromatic carbocycles. The van der Waals surface area contributed by atoms with Crippen LogP contribution in [0.15, 0.2) is 53.9 Å². The van der Waals surface area contributed by atoms with Crippen LogP contribution in [0.3, 0.4) is 0 Å². The summed E-state index contributed by atoms with van der Waals surface area (Å²) in [6.45, 7) is 4.60. The number of carbonyl (C=O) groups excluding carboxylic acids is 2. The zero-order valence-corrected chi connectivity index (χ0v) is 16.6. The first-order valence-electron chi connectivity index (χ1n) is 8.35. The van der Waals surface area contributed by atoms with Gasteiger partial charge in [0.1, 0.15) is 16.5 Å². The van der Waals surface area contributed by atoms with Crippen molar-refractivity contribution in [1.82, 2.24) is 4.72 Å². The monoisotopic (exact) mass is 421 g/mol. The Balaban J connectivity index is 2.38. The Hall–Kier alpha value is -3.24. The van der Waals surface area contributed by atoms with Crippen molar-refractivity contribution in [2.75, 3.05) is 24.3 Å². The van der Waals surface area contributed by atoms with E-state index < -0.39 is 26.6 Å². The summed E-state index contributed by atoms with van der Waals surface area (Å²) in [5.41, 5.74) is 0.444. The molecule has 0 aliphatic heterocycles. The van der Waals surface area contributed by atoms with Gasteiger partial charge in [0.05, 0.1) is 18.5 Å². The highest BCUT2D eigenvalue weighted by Crippen LogP contribution is 2.28. The topological polar surface area (TPSA) is 114 Å². The lowest BCUT2D eigenvalue weighted by Gasteiger charge is -2.14. The average Bonchev–Trinajstić information content (AvgIpc) is 2.67. The minimum absolute atomic E-state index is 0.0952. The van der Waals surface area contributed by atoms with Crippen LogP contribution < -0.4 is 20.1 Å². The van der Waals surface area contributed by atoms with E-state index in [0.29, 0.717) is 11.4 Å². The normalized spacial score (nSPS) is 10.9. The molecule has 0 unspecified atom stereocenters. The maximum atomic E-state index is 14.0. The highest BCUT2D eigenvalue weighted by Gasteiger charge is 2.21. The van der Waals surface area contributed by atoms with E-state index in [0.717, 1.165) is 18.2 Å². The predicted octanol–water partition coefficient (Wildman–Crippen LogP) is 2.51. The number of hydrogen-bond donors (Lipinski definition) is 3. The maximum Gasteiger partial charge on any atom is 0.255 e. The summed E-state index contributed by atoms with van der Waals surface area (Å²) in [6.07, 6.45) is 1.30. The number of ether oxygens (including phenoxy) is 1. The fraction of sp³-hybridized carbons (Fsp3) is 0.158. The number of amides is 2. The Labute approximate surface area is 167 Å². The summed E-state index contributed by atoms with van der Waals surface area (Å²) in [7, 11) is -2.73. The fourth-order valence-electron chi connectivity index (χ4n) is 2.34. The van der Waals surface area contributed by atoms with Crippen molar-refractivity contribution in [1.29, 1.82) is 0 Å². The van der Waals surface area contributed by atoms with Gasteiger partial charge in [-0.1, -0.05) is 6.08 Å². The lowest BCUT2D eigenvalue weighted by atomic mass is 10.2. The van der Waals surface area contributed by atoms with Crippen LogP contribution in [0.2, 0.25) is 0 Å².